The number of nitrogens with one attached hydrogen (secondary N) is 1. The van der Waals surface area contributed by atoms with Crippen molar-refractivity contribution in [2.45, 2.75) is 69.1 Å². The lowest BCUT2D eigenvalue weighted by Gasteiger charge is -2.32. The highest BCUT2D eigenvalue weighted by Crippen LogP contribution is 2.26. The molecule has 2 aliphatic rings. The molecule has 4 atom stereocenters. The first-order valence-electron chi connectivity index (χ1n) is 10.5. The number of nitrogens with zero attached hydrogens (tertiary/aromatic N) is 2. The maximum atomic E-state index is 13.2. The number of likely N-dealkylation sites (tertiary alicyclic amines) is 2. The Morgan fingerprint density at radius 3 is 2.27 bits per heavy atom. The fraction of sp³-hybridized carbons (Fsp3) is 0.789. The molecule has 0 aromatic rings. The molecule has 2 rings (SSSR count). The van der Waals surface area contributed by atoms with Crippen molar-refractivity contribution < 1.29 is 29.4 Å². The van der Waals surface area contributed by atoms with Gasteiger partial charge < -0.3 is 36.8 Å². The monoisotopic (exact) mass is 427 g/mol. The van der Waals surface area contributed by atoms with Crippen molar-refractivity contribution in [2.24, 2.45) is 11.5 Å². The lowest BCUT2D eigenvalue weighted by Crippen LogP contribution is -2.57. The fourth-order valence-corrected chi connectivity index (χ4v) is 4.08. The van der Waals surface area contributed by atoms with Crippen LogP contribution in [-0.4, -0.2) is 94.1 Å². The summed E-state index contributed by atoms with van der Waals surface area (Å²) in [6, 6.07) is -3.63. The highest BCUT2D eigenvalue weighted by molar-refractivity contribution is 5.94. The van der Waals surface area contributed by atoms with Gasteiger partial charge in [0, 0.05) is 13.1 Å². The molecular weight excluding hydrogens is 394 g/mol. The first-order chi connectivity index (χ1) is 14.3. The van der Waals surface area contributed by atoms with E-state index in [1.807, 2.05) is 0 Å². The number of carbonyl (C=O) groups excluding carboxylic acids is 3. The maximum absolute atomic E-state index is 13.2. The quantitative estimate of drug-likeness (QED) is 0.248. The van der Waals surface area contributed by atoms with Gasteiger partial charge in [0.2, 0.25) is 17.7 Å². The minimum Gasteiger partial charge on any atom is -0.480 e. The van der Waals surface area contributed by atoms with Crippen LogP contribution in [0.25, 0.3) is 0 Å². The topological polar surface area (TPSA) is 179 Å². The smallest absolute Gasteiger partial charge is 0.326 e. The van der Waals surface area contributed by atoms with Gasteiger partial charge >= 0.3 is 5.97 Å². The van der Waals surface area contributed by atoms with Crippen molar-refractivity contribution in [3.63, 3.8) is 0 Å². The Hall–Kier alpha value is -2.24. The zero-order chi connectivity index (χ0) is 22.3. The van der Waals surface area contributed by atoms with E-state index in [9.17, 15) is 24.3 Å². The normalized spacial score (nSPS) is 23.3. The number of carboxylic acids is 1. The third-order valence-corrected chi connectivity index (χ3v) is 5.74. The molecule has 0 spiro atoms. The Kier molecular flexibility index (Phi) is 9.00. The predicted octanol–water partition coefficient (Wildman–Crippen LogP) is -2.01. The largest absolute Gasteiger partial charge is 0.480 e. The highest BCUT2D eigenvalue weighted by atomic mass is 16.4. The molecule has 2 saturated heterocycles. The van der Waals surface area contributed by atoms with E-state index < -0.39 is 48.6 Å². The van der Waals surface area contributed by atoms with Crippen molar-refractivity contribution in [1.82, 2.24) is 15.1 Å². The van der Waals surface area contributed by atoms with E-state index >= 15 is 0 Å². The summed E-state index contributed by atoms with van der Waals surface area (Å²) in [4.78, 5) is 52.7. The van der Waals surface area contributed by atoms with Crippen LogP contribution < -0.4 is 16.8 Å². The first kappa shape index (κ1) is 24.0. The number of unbranched alkanes of at least 4 members (excludes halogenated alkanes) is 1. The van der Waals surface area contributed by atoms with Gasteiger partial charge in [-0.05, 0) is 51.5 Å². The number of carboxylic acid groups (broad SMARTS) is 1. The molecule has 30 heavy (non-hydrogen) atoms. The zero-order valence-corrected chi connectivity index (χ0v) is 17.2. The average molecular weight is 428 g/mol. The van der Waals surface area contributed by atoms with Crippen molar-refractivity contribution in [1.29, 1.82) is 0 Å². The zero-order valence-electron chi connectivity index (χ0n) is 17.2. The van der Waals surface area contributed by atoms with Crippen LogP contribution in [0.1, 0.15) is 44.9 Å². The Morgan fingerprint density at radius 1 is 1.03 bits per heavy atom. The number of hydrogen-bond acceptors (Lipinski definition) is 7. The van der Waals surface area contributed by atoms with Crippen LogP contribution >= 0.6 is 0 Å². The molecule has 0 radical (unpaired) electrons. The molecule has 11 heteroatoms. The van der Waals surface area contributed by atoms with E-state index in [-0.39, 0.29) is 5.91 Å². The Balaban J connectivity index is 2.13. The predicted molar refractivity (Wildman–Crippen MR) is 107 cm³/mol. The first-order valence-corrected chi connectivity index (χ1v) is 10.5. The van der Waals surface area contributed by atoms with E-state index in [0.29, 0.717) is 64.6 Å². The van der Waals surface area contributed by atoms with Crippen LogP contribution in [0.2, 0.25) is 0 Å². The number of hydrogen-bond donors (Lipinski definition) is 5. The number of rotatable bonds is 10. The van der Waals surface area contributed by atoms with Crippen molar-refractivity contribution in [3.8, 4) is 0 Å². The number of aliphatic hydroxyl groups excluding tert-OH is 1. The van der Waals surface area contributed by atoms with E-state index in [1.54, 1.807) is 0 Å². The second-order valence-electron chi connectivity index (χ2n) is 7.85. The molecule has 2 heterocycles. The van der Waals surface area contributed by atoms with E-state index in [1.165, 1.54) is 9.80 Å². The lowest BCUT2D eigenvalue weighted by atomic mass is 10.1. The van der Waals surface area contributed by atoms with Crippen molar-refractivity contribution in [3.05, 3.63) is 0 Å². The standard InChI is InChI=1S/C19H33N5O6/c20-8-2-1-5-13(22-16(26)12(21)11-25)17(27)23-9-3-6-14(23)18(28)24-10-4-7-15(24)19(29)30/h12-15,25H,1-11,20-21H2,(H,22,26)(H,29,30). The third-order valence-electron chi connectivity index (χ3n) is 5.74. The van der Waals surface area contributed by atoms with Gasteiger partial charge in [0.1, 0.15) is 24.2 Å². The molecule has 170 valence electrons. The minimum atomic E-state index is -1.15. The molecule has 0 aliphatic carbocycles. The molecular formula is C19H33N5O6. The van der Waals surface area contributed by atoms with Gasteiger partial charge in [-0.2, -0.15) is 0 Å². The Morgan fingerprint density at radius 2 is 1.67 bits per heavy atom. The second kappa shape index (κ2) is 11.2. The fourth-order valence-electron chi connectivity index (χ4n) is 4.08. The van der Waals surface area contributed by atoms with Crippen molar-refractivity contribution >= 4 is 23.7 Å². The molecule has 0 aromatic carbocycles. The highest BCUT2D eigenvalue weighted by Gasteiger charge is 2.43. The summed E-state index contributed by atoms with van der Waals surface area (Å²) in [6.45, 7) is 0.611. The molecule has 2 aliphatic heterocycles. The van der Waals surface area contributed by atoms with Crippen LogP contribution in [0.15, 0.2) is 0 Å². The average Bonchev–Trinajstić information content (AvgIpc) is 3.41. The van der Waals surface area contributed by atoms with Crippen LogP contribution in [0, 0.1) is 0 Å². The molecule has 11 nitrogen and oxygen atoms in total. The second-order valence-corrected chi connectivity index (χ2v) is 7.85. The summed E-state index contributed by atoms with van der Waals surface area (Å²) >= 11 is 0. The molecule has 0 saturated carbocycles. The molecule has 7 N–H and O–H groups in total. The summed E-state index contributed by atoms with van der Waals surface area (Å²) in [5.41, 5.74) is 11.1. The van der Waals surface area contributed by atoms with E-state index in [0.717, 1.165) is 0 Å². The van der Waals surface area contributed by atoms with Crippen LogP contribution in [-0.2, 0) is 19.2 Å². The van der Waals surface area contributed by atoms with Crippen LogP contribution in [0.5, 0.6) is 0 Å². The number of amides is 3. The van der Waals surface area contributed by atoms with E-state index in [2.05, 4.69) is 5.32 Å². The molecule has 2 fully saturated rings. The van der Waals surface area contributed by atoms with Gasteiger partial charge in [-0.15, -0.1) is 0 Å². The maximum Gasteiger partial charge on any atom is 0.326 e. The van der Waals surface area contributed by atoms with Gasteiger partial charge in [0.05, 0.1) is 6.61 Å². The molecule has 4 unspecified atom stereocenters. The van der Waals surface area contributed by atoms with Crippen molar-refractivity contribution in [2.75, 3.05) is 26.2 Å². The summed E-state index contributed by atoms with van der Waals surface area (Å²) < 4.78 is 0. The van der Waals surface area contributed by atoms with Gasteiger partial charge in [-0.3, -0.25) is 14.4 Å². The third kappa shape index (κ3) is 5.67. The molecule has 0 bridgehead atoms. The summed E-state index contributed by atoms with van der Waals surface area (Å²) in [6.07, 6.45) is 3.68. The van der Waals surface area contributed by atoms with Gasteiger partial charge in [0.25, 0.3) is 0 Å². The summed E-state index contributed by atoms with van der Waals surface area (Å²) in [7, 11) is 0. The van der Waals surface area contributed by atoms with Crippen LogP contribution in [0.4, 0.5) is 0 Å². The molecule has 3 amide bonds. The van der Waals surface area contributed by atoms with Gasteiger partial charge in [0.15, 0.2) is 0 Å². The SMILES string of the molecule is NCCCCC(NC(=O)C(N)CO)C(=O)N1CCCC1C(=O)N1CCCC1C(=O)O. The number of aliphatic carboxylic acids is 1. The summed E-state index contributed by atoms with van der Waals surface area (Å²) in [5, 5.41) is 21.0. The minimum absolute atomic E-state index is 0.332. The molecule has 0 aromatic heterocycles. The Labute approximate surface area is 175 Å². The number of carbonyl (C=O) groups is 4. The number of aliphatic hydroxyl groups is 1. The van der Waals surface area contributed by atoms with E-state index in [4.69, 9.17) is 16.6 Å². The van der Waals surface area contributed by atoms with Gasteiger partial charge in [-0.25, -0.2) is 4.79 Å². The van der Waals surface area contributed by atoms with Crippen LogP contribution in [0.3, 0.4) is 0 Å². The Bertz CT molecular complexity index is 645. The summed E-state index contributed by atoms with van der Waals surface area (Å²) in [5.74, 6) is -2.44. The van der Waals surface area contributed by atoms with Gasteiger partial charge in [-0.1, -0.05) is 0 Å². The lowest BCUT2D eigenvalue weighted by molar-refractivity contribution is -0.152. The number of nitrogens with two attached hydrogens (primary N) is 2.